The van der Waals surface area contributed by atoms with Crippen molar-refractivity contribution in [3.63, 3.8) is 0 Å². The van der Waals surface area contributed by atoms with Crippen LogP contribution in [0.1, 0.15) is 33.1 Å². The Morgan fingerprint density at radius 2 is 2.00 bits per heavy atom. The molecule has 1 aromatic rings. The van der Waals surface area contributed by atoms with Gasteiger partial charge in [0.2, 0.25) is 10.0 Å². The van der Waals surface area contributed by atoms with Crippen molar-refractivity contribution in [2.75, 3.05) is 26.0 Å². The SMILES string of the molecule is C[C@H]1[C@@H]([NH2+]CC(=O)Nc2cccc(S(=O)(=O)N(C)C)c2)CCC[C@@H]1C. The minimum Gasteiger partial charge on any atom is -0.336 e. The Kier molecular flexibility index (Phi) is 6.59. The predicted molar refractivity (Wildman–Crippen MR) is 98.7 cm³/mol. The van der Waals surface area contributed by atoms with Gasteiger partial charge in [-0.3, -0.25) is 4.79 Å². The summed E-state index contributed by atoms with van der Waals surface area (Å²) < 4.78 is 25.5. The zero-order valence-electron chi connectivity index (χ0n) is 15.5. The summed E-state index contributed by atoms with van der Waals surface area (Å²) in [5.74, 6) is 1.20. The maximum atomic E-state index is 12.2. The number of nitrogens with two attached hydrogens (primary N) is 1. The second kappa shape index (κ2) is 8.29. The van der Waals surface area contributed by atoms with E-state index in [1.54, 1.807) is 12.1 Å². The highest BCUT2D eigenvalue weighted by molar-refractivity contribution is 7.89. The van der Waals surface area contributed by atoms with Crippen molar-refractivity contribution in [3.8, 4) is 0 Å². The molecule has 3 atom stereocenters. The number of carbonyl (C=O) groups excluding carboxylic acids is 1. The van der Waals surface area contributed by atoms with Gasteiger partial charge >= 0.3 is 0 Å². The number of sulfonamides is 1. The molecule has 140 valence electrons. The van der Waals surface area contributed by atoms with Crippen LogP contribution in [0.15, 0.2) is 29.2 Å². The van der Waals surface area contributed by atoms with E-state index >= 15 is 0 Å². The fourth-order valence-electron chi connectivity index (χ4n) is 3.37. The molecule has 6 nitrogen and oxygen atoms in total. The van der Waals surface area contributed by atoms with Crippen LogP contribution in [0.25, 0.3) is 0 Å². The Balaban J connectivity index is 1.95. The lowest BCUT2D eigenvalue weighted by Crippen LogP contribution is -2.93. The second-order valence-corrected chi connectivity index (χ2v) is 9.39. The maximum absolute atomic E-state index is 12.2. The topological polar surface area (TPSA) is 83.1 Å². The summed E-state index contributed by atoms with van der Waals surface area (Å²) in [7, 11) is -0.528. The van der Waals surface area contributed by atoms with E-state index in [1.807, 2.05) is 0 Å². The van der Waals surface area contributed by atoms with Gasteiger partial charge < -0.3 is 10.6 Å². The summed E-state index contributed by atoms with van der Waals surface area (Å²) in [5, 5.41) is 4.93. The average Bonchev–Trinajstić information content (AvgIpc) is 2.56. The molecule has 0 radical (unpaired) electrons. The Labute approximate surface area is 151 Å². The molecule has 1 aliphatic carbocycles. The average molecular weight is 369 g/mol. The van der Waals surface area contributed by atoms with E-state index in [4.69, 9.17) is 0 Å². The highest BCUT2D eigenvalue weighted by Crippen LogP contribution is 2.27. The van der Waals surface area contributed by atoms with Crippen LogP contribution in [0.2, 0.25) is 0 Å². The van der Waals surface area contributed by atoms with E-state index in [-0.39, 0.29) is 10.8 Å². The van der Waals surface area contributed by atoms with Crippen molar-refractivity contribution in [1.82, 2.24) is 4.31 Å². The van der Waals surface area contributed by atoms with Gasteiger partial charge in [0.25, 0.3) is 5.91 Å². The lowest BCUT2D eigenvalue weighted by atomic mass is 9.78. The summed E-state index contributed by atoms with van der Waals surface area (Å²) in [6.45, 7) is 4.90. The van der Waals surface area contributed by atoms with Gasteiger partial charge in [0.1, 0.15) is 0 Å². The Hall–Kier alpha value is -1.44. The fraction of sp³-hybridized carbons (Fsp3) is 0.611. The van der Waals surface area contributed by atoms with Crippen molar-refractivity contribution in [1.29, 1.82) is 0 Å². The number of benzene rings is 1. The zero-order chi connectivity index (χ0) is 18.6. The van der Waals surface area contributed by atoms with Crippen LogP contribution in [-0.4, -0.2) is 45.3 Å². The Morgan fingerprint density at radius 3 is 2.68 bits per heavy atom. The first-order valence-electron chi connectivity index (χ1n) is 8.87. The Morgan fingerprint density at radius 1 is 1.28 bits per heavy atom. The number of amides is 1. The monoisotopic (exact) mass is 368 g/mol. The maximum Gasteiger partial charge on any atom is 0.279 e. The predicted octanol–water partition coefficient (Wildman–Crippen LogP) is 1.26. The van der Waals surface area contributed by atoms with Gasteiger partial charge in [-0.2, -0.15) is 0 Å². The van der Waals surface area contributed by atoms with Crippen molar-refractivity contribution < 1.29 is 18.5 Å². The van der Waals surface area contributed by atoms with Crippen LogP contribution in [0.4, 0.5) is 5.69 Å². The molecule has 1 aromatic carbocycles. The van der Waals surface area contributed by atoms with Crippen LogP contribution >= 0.6 is 0 Å². The van der Waals surface area contributed by atoms with Gasteiger partial charge in [0.05, 0.1) is 10.9 Å². The number of anilines is 1. The van der Waals surface area contributed by atoms with E-state index < -0.39 is 10.0 Å². The third kappa shape index (κ3) is 5.03. The van der Waals surface area contributed by atoms with Crippen LogP contribution < -0.4 is 10.6 Å². The van der Waals surface area contributed by atoms with Crippen molar-refractivity contribution in [3.05, 3.63) is 24.3 Å². The number of nitrogens with zero attached hydrogens (tertiary/aromatic N) is 1. The van der Waals surface area contributed by atoms with Gasteiger partial charge in [-0.1, -0.05) is 19.9 Å². The molecule has 7 heteroatoms. The molecule has 1 amide bonds. The summed E-state index contributed by atoms with van der Waals surface area (Å²) in [4.78, 5) is 12.4. The van der Waals surface area contributed by atoms with E-state index in [0.717, 1.165) is 10.7 Å². The zero-order valence-corrected chi connectivity index (χ0v) is 16.3. The molecule has 3 N–H and O–H groups in total. The standard InChI is InChI=1S/C18H29N3O3S/c1-13-7-5-10-17(14(13)2)19-12-18(22)20-15-8-6-9-16(11-15)25(23,24)21(3)4/h6,8-9,11,13-14,17,19H,5,7,10,12H2,1-4H3,(H,20,22)/p+1/t13-,14+,17-/m0/s1. The summed E-state index contributed by atoms with van der Waals surface area (Å²) in [5.41, 5.74) is 0.506. The molecule has 25 heavy (non-hydrogen) atoms. The number of quaternary nitrogens is 1. The molecule has 2 rings (SSSR count). The first kappa shape index (κ1) is 19.9. The van der Waals surface area contributed by atoms with Crippen LogP contribution in [-0.2, 0) is 14.8 Å². The quantitative estimate of drug-likeness (QED) is 0.793. The third-order valence-corrected chi connectivity index (χ3v) is 7.08. The smallest absolute Gasteiger partial charge is 0.279 e. The molecule has 1 aliphatic rings. The van der Waals surface area contributed by atoms with E-state index in [1.165, 1.54) is 39.1 Å². The lowest BCUT2D eigenvalue weighted by Gasteiger charge is -2.31. The summed E-state index contributed by atoms with van der Waals surface area (Å²) in [6, 6.07) is 6.86. The summed E-state index contributed by atoms with van der Waals surface area (Å²) >= 11 is 0. The fourth-order valence-corrected chi connectivity index (χ4v) is 4.32. The van der Waals surface area contributed by atoms with Gasteiger partial charge in [-0.15, -0.1) is 0 Å². The van der Waals surface area contributed by atoms with Crippen LogP contribution in [0.3, 0.4) is 0 Å². The first-order chi connectivity index (χ1) is 11.7. The number of rotatable bonds is 6. The molecule has 0 bridgehead atoms. The van der Waals surface area contributed by atoms with Gasteiger partial charge in [0.15, 0.2) is 6.54 Å². The van der Waals surface area contributed by atoms with Crippen molar-refractivity contribution in [2.45, 2.75) is 44.0 Å². The van der Waals surface area contributed by atoms with E-state index in [9.17, 15) is 13.2 Å². The normalized spacial score (nSPS) is 24.3. The molecule has 0 aliphatic heterocycles. The minimum atomic E-state index is -3.50. The van der Waals surface area contributed by atoms with Crippen molar-refractivity contribution in [2.24, 2.45) is 11.8 Å². The molecule has 0 spiro atoms. The Bertz CT molecular complexity index is 703. The minimum absolute atomic E-state index is 0.107. The molecule has 0 unspecified atom stereocenters. The molecule has 1 fully saturated rings. The van der Waals surface area contributed by atoms with Crippen LogP contribution in [0.5, 0.6) is 0 Å². The van der Waals surface area contributed by atoms with E-state index in [2.05, 4.69) is 24.5 Å². The number of carbonyl (C=O) groups is 1. The van der Waals surface area contributed by atoms with Gasteiger partial charge in [0, 0.05) is 25.7 Å². The van der Waals surface area contributed by atoms with Gasteiger partial charge in [-0.25, -0.2) is 12.7 Å². The highest BCUT2D eigenvalue weighted by atomic mass is 32.2. The van der Waals surface area contributed by atoms with Gasteiger partial charge in [-0.05, 0) is 43.4 Å². The molecular formula is C18H30N3O3S+. The van der Waals surface area contributed by atoms with E-state index in [0.29, 0.717) is 30.1 Å². The molecule has 0 saturated heterocycles. The number of nitrogens with one attached hydrogen (secondary N) is 1. The molecule has 1 saturated carbocycles. The number of hydrogen-bond donors (Lipinski definition) is 2. The molecule has 0 aromatic heterocycles. The van der Waals surface area contributed by atoms with Crippen LogP contribution in [0, 0.1) is 11.8 Å². The lowest BCUT2D eigenvalue weighted by molar-refractivity contribution is -0.688. The highest BCUT2D eigenvalue weighted by Gasteiger charge is 2.30. The molecule has 0 heterocycles. The largest absolute Gasteiger partial charge is 0.336 e. The summed E-state index contributed by atoms with van der Waals surface area (Å²) in [6.07, 6.45) is 3.64. The third-order valence-electron chi connectivity index (χ3n) is 5.27. The van der Waals surface area contributed by atoms with Crippen molar-refractivity contribution >= 4 is 21.6 Å². The first-order valence-corrected chi connectivity index (χ1v) is 10.3. The number of hydrogen-bond acceptors (Lipinski definition) is 3. The molecular weight excluding hydrogens is 338 g/mol. The second-order valence-electron chi connectivity index (χ2n) is 7.23.